The number of sulfone groups is 1. The molecule has 1 aromatic carbocycles. The normalized spacial score (nSPS) is 21.9. The first-order chi connectivity index (χ1) is 9.87. The first-order valence-corrected chi connectivity index (χ1v) is 9.05. The van der Waals surface area contributed by atoms with Gasteiger partial charge in [0, 0.05) is 17.1 Å². The van der Waals surface area contributed by atoms with E-state index in [1.54, 1.807) is 6.07 Å². The fraction of sp³-hybridized carbons (Fsp3) is 0.500. The molecule has 5 nitrogen and oxygen atoms in total. The van der Waals surface area contributed by atoms with E-state index in [9.17, 15) is 13.2 Å². The average Bonchev–Trinajstić information content (AvgIpc) is 2.75. The number of nitrogens with one attached hydrogen (secondary N) is 2. The molecule has 0 aliphatic carbocycles. The highest BCUT2D eigenvalue weighted by Gasteiger charge is 2.28. The molecule has 0 aromatic heterocycles. The van der Waals surface area contributed by atoms with Crippen LogP contribution in [0.25, 0.3) is 0 Å². The zero-order valence-electron chi connectivity index (χ0n) is 11.8. The number of carbonyl (C=O) groups excluding carboxylic acids is 1. The predicted octanol–water partition coefficient (Wildman–Crippen LogP) is 1.29. The van der Waals surface area contributed by atoms with Crippen molar-refractivity contribution in [3.05, 3.63) is 34.9 Å². The van der Waals surface area contributed by atoms with E-state index < -0.39 is 9.84 Å². The van der Waals surface area contributed by atoms with Crippen LogP contribution in [0.4, 0.5) is 0 Å². The third-order valence-corrected chi connectivity index (χ3v) is 5.65. The van der Waals surface area contributed by atoms with E-state index in [0.717, 1.165) is 5.56 Å². The van der Waals surface area contributed by atoms with Crippen LogP contribution >= 0.6 is 11.6 Å². The molecule has 0 spiro atoms. The Balaban J connectivity index is 1.80. The molecule has 1 saturated heterocycles. The number of halogens is 1. The second kappa shape index (κ2) is 6.77. The molecule has 1 heterocycles. The summed E-state index contributed by atoms with van der Waals surface area (Å²) >= 11 is 6.10. The molecule has 0 bridgehead atoms. The summed E-state index contributed by atoms with van der Waals surface area (Å²) in [5.41, 5.74) is 0.926. The summed E-state index contributed by atoms with van der Waals surface area (Å²) in [5, 5.41) is 6.48. The minimum atomic E-state index is -2.97. The van der Waals surface area contributed by atoms with Crippen LogP contribution in [0.5, 0.6) is 0 Å². The summed E-state index contributed by atoms with van der Waals surface area (Å²) in [6.45, 7) is 2.05. The molecule has 116 valence electrons. The molecule has 0 unspecified atom stereocenters. The number of hydrogen-bond acceptors (Lipinski definition) is 4. The van der Waals surface area contributed by atoms with Crippen LogP contribution in [-0.2, 0) is 14.6 Å². The topological polar surface area (TPSA) is 75.3 Å². The lowest BCUT2D eigenvalue weighted by atomic mass is 10.1. The van der Waals surface area contributed by atoms with E-state index in [-0.39, 0.29) is 36.0 Å². The standard InChI is InChI=1S/C14H19ClN2O3S/c1-10(12-4-2-3-5-13(12)15)16-8-14(18)17-11-6-7-21(19,20)9-11/h2-5,10-11,16H,6-9H2,1H3,(H,17,18)/t10-,11-/m0/s1. The van der Waals surface area contributed by atoms with Gasteiger partial charge >= 0.3 is 0 Å². The second-order valence-corrected chi connectivity index (χ2v) is 7.93. The number of carbonyl (C=O) groups is 1. The Hall–Kier alpha value is -1.11. The molecule has 1 aliphatic rings. The molecule has 21 heavy (non-hydrogen) atoms. The zero-order valence-corrected chi connectivity index (χ0v) is 13.4. The lowest BCUT2D eigenvalue weighted by molar-refractivity contribution is -0.120. The summed E-state index contributed by atoms with van der Waals surface area (Å²) in [6, 6.07) is 7.13. The smallest absolute Gasteiger partial charge is 0.234 e. The van der Waals surface area contributed by atoms with Gasteiger partial charge in [-0.2, -0.15) is 0 Å². The molecule has 2 atom stereocenters. The highest BCUT2D eigenvalue weighted by atomic mass is 35.5. The van der Waals surface area contributed by atoms with Gasteiger partial charge in [-0.15, -0.1) is 0 Å². The summed E-state index contributed by atoms with van der Waals surface area (Å²) in [5.74, 6) is -0.00349. The van der Waals surface area contributed by atoms with Gasteiger partial charge in [-0.3, -0.25) is 4.79 Å². The molecule has 1 aliphatic heterocycles. The highest BCUT2D eigenvalue weighted by molar-refractivity contribution is 7.91. The summed E-state index contributed by atoms with van der Waals surface area (Å²) in [6.07, 6.45) is 0.494. The van der Waals surface area contributed by atoms with Crippen molar-refractivity contribution in [1.82, 2.24) is 10.6 Å². The van der Waals surface area contributed by atoms with Crippen molar-refractivity contribution in [3.8, 4) is 0 Å². The molecule has 0 radical (unpaired) electrons. The van der Waals surface area contributed by atoms with Gasteiger partial charge in [0.1, 0.15) is 0 Å². The highest BCUT2D eigenvalue weighted by Crippen LogP contribution is 2.21. The van der Waals surface area contributed by atoms with Crippen LogP contribution in [0, 0.1) is 0 Å². The van der Waals surface area contributed by atoms with Gasteiger partial charge in [0.25, 0.3) is 0 Å². The second-order valence-electron chi connectivity index (χ2n) is 5.29. The van der Waals surface area contributed by atoms with Gasteiger partial charge in [-0.25, -0.2) is 8.42 Å². The fourth-order valence-electron chi connectivity index (χ4n) is 2.37. The maximum atomic E-state index is 11.8. The molecule has 1 fully saturated rings. The summed E-state index contributed by atoms with van der Waals surface area (Å²) in [7, 11) is -2.97. The summed E-state index contributed by atoms with van der Waals surface area (Å²) < 4.78 is 22.7. The minimum Gasteiger partial charge on any atom is -0.351 e. The van der Waals surface area contributed by atoms with Gasteiger partial charge in [0.2, 0.25) is 5.91 Å². The fourth-order valence-corrected chi connectivity index (χ4v) is 4.34. The summed E-state index contributed by atoms with van der Waals surface area (Å²) in [4.78, 5) is 11.8. The van der Waals surface area contributed by atoms with Crippen LogP contribution in [0.15, 0.2) is 24.3 Å². The Labute approximate surface area is 130 Å². The van der Waals surface area contributed by atoms with Gasteiger partial charge in [-0.05, 0) is 25.0 Å². The number of rotatable bonds is 5. The lowest BCUT2D eigenvalue weighted by Crippen LogP contribution is -2.41. The van der Waals surface area contributed by atoms with E-state index in [1.165, 1.54) is 0 Å². The largest absolute Gasteiger partial charge is 0.351 e. The van der Waals surface area contributed by atoms with Crippen molar-refractivity contribution in [2.45, 2.75) is 25.4 Å². The molecule has 1 amide bonds. The molecular formula is C14H19ClN2O3S. The SMILES string of the molecule is C[C@H](NCC(=O)N[C@H]1CCS(=O)(=O)C1)c1ccccc1Cl. The van der Waals surface area contributed by atoms with Crippen molar-refractivity contribution in [1.29, 1.82) is 0 Å². The van der Waals surface area contributed by atoms with E-state index in [2.05, 4.69) is 10.6 Å². The Morgan fingerprint density at radius 2 is 2.14 bits per heavy atom. The van der Waals surface area contributed by atoms with Crippen LogP contribution in [0.2, 0.25) is 5.02 Å². The van der Waals surface area contributed by atoms with E-state index in [4.69, 9.17) is 11.6 Å². The molecule has 1 aromatic rings. The van der Waals surface area contributed by atoms with Crippen molar-refractivity contribution >= 4 is 27.3 Å². The van der Waals surface area contributed by atoms with Crippen molar-refractivity contribution in [3.63, 3.8) is 0 Å². The van der Waals surface area contributed by atoms with Crippen LogP contribution in [0.3, 0.4) is 0 Å². The van der Waals surface area contributed by atoms with Gasteiger partial charge in [0.05, 0.1) is 18.1 Å². The minimum absolute atomic E-state index is 0.0405. The molecule has 7 heteroatoms. The van der Waals surface area contributed by atoms with Crippen LogP contribution < -0.4 is 10.6 Å². The number of hydrogen-bond donors (Lipinski definition) is 2. The Morgan fingerprint density at radius 3 is 2.76 bits per heavy atom. The first-order valence-electron chi connectivity index (χ1n) is 6.85. The first kappa shape index (κ1) is 16.3. The van der Waals surface area contributed by atoms with Crippen LogP contribution in [-0.4, -0.2) is 38.4 Å². The van der Waals surface area contributed by atoms with Gasteiger partial charge in [-0.1, -0.05) is 29.8 Å². The van der Waals surface area contributed by atoms with E-state index in [0.29, 0.717) is 11.4 Å². The van der Waals surface area contributed by atoms with Crippen molar-refractivity contribution in [2.24, 2.45) is 0 Å². The quantitative estimate of drug-likeness (QED) is 0.853. The third-order valence-electron chi connectivity index (χ3n) is 3.54. The monoisotopic (exact) mass is 330 g/mol. The van der Waals surface area contributed by atoms with Gasteiger partial charge in [0.15, 0.2) is 9.84 Å². The van der Waals surface area contributed by atoms with Crippen molar-refractivity contribution in [2.75, 3.05) is 18.1 Å². The third kappa shape index (κ3) is 4.69. The van der Waals surface area contributed by atoms with Crippen LogP contribution in [0.1, 0.15) is 24.9 Å². The molecule has 2 N–H and O–H groups in total. The Bertz CT molecular complexity index is 618. The Morgan fingerprint density at radius 1 is 1.43 bits per heavy atom. The lowest BCUT2D eigenvalue weighted by Gasteiger charge is -2.16. The Kier molecular flexibility index (Phi) is 5.24. The van der Waals surface area contributed by atoms with Gasteiger partial charge < -0.3 is 10.6 Å². The maximum absolute atomic E-state index is 11.8. The zero-order chi connectivity index (χ0) is 15.5. The number of benzene rings is 1. The molecular weight excluding hydrogens is 312 g/mol. The predicted molar refractivity (Wildman–Crippen MR) is 83.1 cm³/mol. The molecule has 2 rings (SSSR count). The molecule has 0 saturated carbocycles. The average molecular weight is 331 g/mol. The number of amides is 1. The van der Waals surface area contributed by atoms with Crippen molar-refractivity contribution < 1.29 is 13.2 Å². The van der Waals surface area contributed by atoms with E-state index in [1.807, 2.05) is 25.1 Å². The maximum Gasteiger partial charge on any atom is 0.234 e. The van der Waals surface area contributed by atoms with E-state index >= 15 is 0 Å².